The number of rotatable bonds is 6. The Morgan fingerprint density at radius 3 is 2.76 bits per heavy atom. The van der Waals surface area contributed by atoms with Gasteiger partial charge in [0.2, 0.25) is 0 Å². The van der Waals surface area contributed by atoms with E-state index < -0.39 is 0 Å². The number of halogens is 1. The molecule has 0 aliphatic carbocycles. The lowest BCUT2D eigenvalue weighted by atomic mass is 10.0. The first-order valence-corrected chi connectivity index (χ1v) is 7.91. The molecule has 0 fully saturated rings. The Morgan fingerprint density at radius 2 is 2.19 bits per heavy atom. The Bertz CT molecular complexity index is 610. The average Bonchev–Trinajstić information content (AvgIpc) is 2.79. The molecular weight excluding hydrogens is 330 g/mol. The maximum Gasteiger partial charge on any atom is 0.119 e. The molecule has 21 heavy (non-hydrogen) atoms. The number of benzene rings is 1. The van der Waals surface area contributed by atoms with Crippen molar-refractivity contribution in [2.45, 2.75) is 25.8 Å². The van der Waals surface area contributed by atoms with Gasteiger partial charge < -0.3 is 10.1 Å². The van der Waals surface area contributed by atoms with Gasteiger partial charge in [0.05, 0.1) is 23.0 Å². The summed E-state index contributed by atoms with van der Waals surface area (Å²) < 4.78 is 8.40. The van der Waals surface area contributed by atoms with Crippen molar-refractivity contribution in [3.63, 3.8) is 0 Å². The van der Waals surface area contributed by atoms with Gasteiger partial charge >= 0.3 is 0 Å². The van der Waals surface area contributed by atoms with Crippen LogP contribution in [0.1, 0.15) is 29.9 Å². The number of nitrogens with zero attached hydrogens (tertiary/aromatic N) is 2. The first-order chi connectivity index (χ1) is 10.1. The largest absolute Gasteiger partial charge is 0.497 e. The van der Waals surface area contributed by atoms with E-state index in [1.807, 2.05) is 30.9 Å². The van der Waals surface area contributed by atoms with Crippen molar-refractivity contribution in [1.29, 1.82) is 0 Å². The van der Waals surface area contributed by atoms with Crippen LogP contribution in [-0.4, -0.2) is 23.9 Å². The molecule has 1 unspecified atom stereocenters. The van der Waals surface area contributed by atoms with Crippen LogP contribution in [-0.2, 0) is 19.9 Å². The SMILES string of the molecule is CCc1nn(C)c(CC(NC)c2cccc(OC)c2)c1Br. The van der Waals surface area contributed by atoms with Gasteiger partial charge in [-0.15, -0.1) is 0 Å². The molecule has 1 aromatic heterocycles. The Balaban J connectivity index is 2.28. The third kappa shape index (κ3) is 3.47. The van der Waals surface area contributed by atoms with E-state index in [1.54, 1.807) is 7.11 Å². The van der Waals surface area contributed by atoms with Crippen molar-refractivity contribution in [3.8, 4) is 5.75 Å². The van der Waals surface area contributed by atoms with Gasteiger partial charge in [0, 0.05) is 19.5 Å². The molecule has 0 radical (unpaired) electrons. The number of ether oxygens (including phenoxy) is 1. The summed E-state index contributed by atoms with van der Waals surface area (Å²) in [6.45, 7) is 2.12. The lowest BCUT2D eigenvalue weighted by Crippen LogP contribution is -2.20. The van der Waals surface area contributed by atoms with Crippen molar-refractivity contribution in [2.24, 2.45) is 7.05 Å². The number of hydrogen-bond donors (Lipinski definition) is 1. The molecule has 1 N–H and O–H groups in total. The molecule has 1 aromatic carbocycles. The summed E-state index contributed by atoms with van der Waals surface area (Å²) in [7, 11) is 5.67. The zero-order valence-corrected chi connectivity index (χ0v) is 14.6. The van der Waals surface area contributed by atoms with E-state index in [2.05, 4.69) is 45.4 Å². The molecule has 0 saturated heterocycles. The van der Waals surface area contributed by atoms with Gasteiger partial charge in [0.25, 0.3) is 0 Å². The number of aromatic nitrogens is 2. The summed E-state index contributed by atoms with van der Waals surface area (Å²) in [4.78, 5) is 0. The van der Waals surface area contributed by atoms with Gasteiger partial charge in [-0.3, -0.25) is 4.68 Å². The molecule has 1 atom stereocenters. The van der Waals surface area contributed by atoms with Crippen LogP contribution in [0.25, 0.3) is 0 Å². The third-order valence-electron chi connectivity index (χ3n) is 3.75. The van der Waals surface area contributed by atoms with Gasteiger partial charge in [0.15, 0.2) is 0 Å². The van der Waals surface area contributed by atoms with Crippen molar-refractivity contribution in [2.75, 3.05) is 14.2 Å². The van der Waals surface area contributed by atoms with E-state index in [-0.39, 0.29) is 6.04 Å². The molecule has 114 valence electrons. The van der Waals surface area contributed by atoms with E-state index >= 15 is 0 Å². The Hall–Kier alpha value is -1.33. The molecule has 0 spiro atoms. The Labute approximate surface area is 134 Å². The minimum absolute atomic E-state index is 0.219. The molecule has 0 aliphatic rings. The molecule has 0 amide bonds. The van der Waals surface area contributed by atoms with Gasteiger partial charge in [-0.25, -0.2) is 0 Å². The highest BCUT2D eigenvalue weighted by Gasteiger charge is 2.18. The van der Waals surface area contributed by atoms with Gasteiger partial charge in [-0.05, 0) is 47.1 Å². The first kappa shape index (κ1) is 16.0. The molecule has 4 nitrogen and oxygen atoms in total. The molecule has 2 rings (SSSR count). The maximum atomic E-state index is 5.31. The third-order valence-corrected chi connectivity index (χ3v) is 4.66. The molecule has 5 heteroatoms. The molecule has 0 aliphatic heterocycles. The van der Waals surface area contributed by atoms with E-state index in [4.69, 9.17) is 4.74 Å². The van der Waals surface area contributed by atoms with Crippen LogP contribution in [0.15, 0.2) is 28.7 Å². The van der Waals surface area contributed by atoms with Gasteiger partial charge in [-0.2, -0.15) is 5.10 Å². The number of likely N-dealkylation sites (N-methyl/N-ethyl adjacent to an activating group) is 1. The van der Waals surface area contributed by atoms with Crippen LogP contribution in [0.5, 0.6) is 5.75 Å². The quantitative estimate of drug-likeness (QED) is 0.867. The van der Waals surface area contributed by atoms with Crippen molar-refractivity contribution in [1.82, 2.24) is 15.1 Å². The predicted octanol–water partition coefficient (Wildman–Crippen LogP) is 3.26. The highest BCUT2D eigenvalue weighted by Crippen LogP contribution is 2.27. The van der Waals surface area contributed by atoms with E-state index in [9.17, 15) is 0 Å². The number of hydrogen-bond acceptors (Lipinski definition) is 3. The minimum Gasteiger partial charge on any atom is -0.497 e. The summed E-state index contributed by atoms with van der Waals surface area (Å²) in [5.41, 5.74) is 3.52. The molecular formula is C16H22BrN3O. The molecule has 0 saturated carbocycles. The van der Waals surface area contributed by atoms with Crippen LogP contribution < -0.4 is 10.1 Å². The van der Waals surface area contributed by atoms with Crippen molar-refractivity contribution >= 4 is 15.9 Å². The zero-order valence-electron chi connectivity index (χ0n) is 13.0. The number of aryl methyl sites for hydroxylation is 2. The highest BCUT2D eigenvalue weighted by atomic mass is 79.9. The van der Waals surface area contributed by atoms with Gasteiger partial charge in [-0.1, -0.05) is 19.1 Å². The number of methoxy groups -OCH3 is 1. The normalized spacial score (nSPS) is 12.4. The monoisotopic (exact) mass is 351 g/mol. The second-order valence-corrected chi connectivity index (χ2v) is 5.80. The van der Waals surface area contributed by atoms with Crippen molar-refractivity contribution < 1.29 is 4.74 Å². The Morgan fingerprint density at radius 1 is 1.43 bits per heavy atom. The second kappa shape index (κ2) is 7.09. The highest BCUT2D eigenvalue weighted by molar-refractivity contribution is 9.10. The molecule has 1 heterocycles. The van der Waals surface area contributed by atoms with Gasteiger partial charge in [0.1, 0.15) is 5.75 Å². The smallest absolute Gasteiger partial charge is 0.119 e. The fourth-order valence-electron chi connectivity index (χ4n) is 2.48. The fraction of sp³-hybridized carbons (Fsp3) is 0.438. The van der Waals surface area contributed by atoms with E-state index in [0.29, 0.717) is 0 Å². The van der Waals surface area contributed by atoms with Crippen LogP contribution in [0.4, 0.5) is 0 Å². The standard InChI is InChI=1S/C16H22BrN3O/c1-5-13-16(17)15(20(3)19-13)10-14(18-2)11-7-6-8-12(9-11)21-4/h6-9,14,18H,5,10H2,1-4H3. The van der Waals surface area contributed by atoms with Crippen LogP contribution in [0, 0.1) is 0 Å². The summed E-state index contributed by atoms with van der Waals surface area (Å²) in [5, 5.41) is 7.94. The number of nitrogens with one attached hydrogen (secondary N) is 1. The fourth-order valence-corrected chi connectivity index (χ4v) is 3.26. The first-order valence-electron chi connectivity index (χ1n) is 7.12. The lowest BCUT2D eigenvalue weighted by Gasteiger charge is -2.18. The summed E-state index contributed by atoms with van der Waals surface area (Å²) >= 11 is 3.68. The van der Waals surface area contributed by atoms with Crippen molar-refractivity contribution in [3.05, 3.63) is 45.7 Å². The topological polar surface area (TPSA) is 39.1 Å². The summed E-state index contributed by atoms with van der Waals surface area (Å²) in [6, 6.07) is 8.40. The van der Waals surface area contributed by atoms with Crippen LogP contribution in [0.3, 0.4) is 0 Å². The summed E-state index contributed by atoms with van der Waals surface area (Å²) in [5.74, 6) is 0.881. The maximum absolute atomic E-state index is 5.31. The summed E-state index contributed by atoms with van der Waals surface area (Å²) in [6.07, 6.45) is 1.80. The average molecular weight is 352 g/mol. The molecule has 0 bridgehead atoms. The second-order valence-electron chi connectivity index (χ2n) is 5.01. The predicted molar refractivity (Wildman–Crippen MR) is 88.8 cm³/mol. The minimum atomic E-state index is 0.219. The van der Waals surface area contributed by atoms with E-state index in [0.717, 1.165) is 28.8 Å². The van der Waals surface area contributed by atoms with Crippen LogP contribution in [0.2, 0.25) is 0 Å². The van der Waals surface area contributed by atoms with E-state index in [1.165, 1.54) is 11.3 Å². The van der Waals surface area contributed by atoms with Crippen LogP contribution >= 0.6 is 15.9 Å². The Kier molecular flexibility index (Phi) is 5.42. The molecule has 2 aromatic rings. The zero-order chi connectivity index (χ0) is 15.4. The lowest BCUT2D eigenvalue weighted by molar-refractivity contribution is 0.413.